The van der Waals surface area contributed by atoms with Gasteiger partial charge in [-0.25, -0.2) is 0 Å². The van der Waals surface area contributed by atoms with Crippen molar-refractivity contribution in [3.8, 4) is 0 Å². The van der Waals surface area contributed by atoms with Crippen molar-refractivity contribution in [1.29, 1.82) is 0 Å². The van der Waals surface area contributed by atoms with Gasteiger partial charge in [-0.05, 0) is 43.7 Å². The Labute approximate surface area is 123 Å². The molecule has 1 unspecified atom stereocenters. The molecule has 0 saturated carbocycles. The molecule has 1 atom stereocenters. The molecule has 0 radical (unpaired) electrons. The maximum atomic E-state index is 6.05. The SMILES string of the molecule is CCCNC(Cc1ncccc1C)c1ccc(Cl)s1. The van der Waals surface area contributed by atoms with Gasteiger partial charge in [-0.15, -0.1) is 11.3 Å². The summed E-state index contributed by atoms with van der Waals surface area (Å²) >= 11 is 7.69. The zero-order chi connectivity index (χ0) is 13.7. The molecule has 2 heterocycles. The standard InChI is InChI=1S/C15H19ClN2S/c1-3-8-17-13(14-6-7-15(16)19-14)10-12-11(2)5-4-9-18-12/h4-7,9,13,17H,3,8,10H2,1-2H3. The second-order valence-corrected chi connectivity index (χ2v) is 6.37. The second kappa shape index (κ2) is 7.04. The molecule has 1 N–H and O–H groups in total. The first-order valence-corrected chi connectivity index (χ1v) is 7.79. The van der Waals surface area contributed by atoms with Crippen molar-refractivity contribution in [1.82, 2.24) is 10.3 Å². The van der Waals surface area contributed by atoms with E-state index in [0.29, 0.717) is 6.04 Å². The lowest BCUT2D eigenvalue weighted by Crippen LogP contribution is -2.24. The van der Waals surface area contributed by atoms with E-state index in [4.69, 9.17) is 11.6 Å². The summed E-state index contributed by atoms with van der Waals surface area (Å²) in [5, 5.41) is 3.59. The van der Waals surface area contributed by atoms with Crippen molar-refractivity contribution < 1.29 is 0 Å². The normalized spacial score (nSPS) is 12.6. The van der Waals surface area contributed by atoms with Gasteiger partial charge in [0.15, 0.2) is 0 Å². The molecule has 0 aliphatic carbocycles. The quantitative estimate of drug-likeness (QED) is 0.855. The summed E-state index contributed by atoms with van der Waals surface area (Å²) in [6, 6.07) is 8.47. The van der Waals surface area contributed by atoms with Gasteiger partial charge in [0.05, 0.1) is 4.34 Å². The summed E-state index contributed by atoms with van der Waals surface area (Å²) < 4.78 is 0.844. The van der Waals surface area contributed by atoms with E-state index in [0.717, 1.165) is 29.4 Å². The van der Waals surface area contributed by atoms with E-state index in [1.165, 1.54) is 10.4 Å². The van der Waals surface area contributed by atoms with Crippen LogP contribution in [0.2, 0.25) is 4.34 Å². The maximum Gasteiger partial charge on any atom is 0.0931 e. The zero-order valence-electron chi connectivity index (χ0n) is 11.3. The Kier molecular flexibility index (Phi) is 5.37. The molecule has 0 aliphatic rings. The molecule has 0 aromatic carbocycles. The third-order valence-corrected chi connectivity index (χ3v) is 4.44. The first-order valence-electron chi connectivity index (χ1n) is 6.59. The molecule has 0 amide bonds. The number of pyridine rings is 1. The molecule has 0 saturated heterocycles. The van der Waals surface area contributed by atoms with E-state index in [9.17, 15) is 0 Å². The van der Waals surface area contributed by atoms with Crippen LogP contribution >= 0.6 is 22.9 Å². The van der Waals surface area contributed by atoms with Crippen molar-refractivity contribution in [3.63, 3.8) is 0 Å². The fourth-order valence-electron chi connectivity index (χ4n) is 2.03. The number of thiophene rings is 1. The lowest BCUT2D eigenvalue weighted by molar-refractivity contribution is 0.530. The number of aromatic nitrogens is 1. The molecule has 0 bridgehead atoms. The van der Waals surface area contributed by atoms with Crippen LogP contribution < -0.4 is 5.32 Å². The number of hydrogen-bond donors (Lipinski definition) is 1. The zero-order valence-corrected chi connectivity index (χ0v) is 12.9. The fourth-order valence-corrected chi connectivity index (χ4v) is 3.17. The number of nitrogens with zero attached hydrogens (tertiary/aromatic N) is 1. The molecule has 2 nitrogen and oxygen atoms in total. The number of aryl methyl sites for hydroxylation is 1. The lowest BCUT2D eigenvalue weighted by atomic mass is 10.1. The summed E-state index contributed by atoms with van der Waals surface area (Å²) in [4.78, 5) is 5.77. The summed E-state index contributed by atoms with van der Waals surface area (Å²) in [6.07, 6.45) is 3.89. The van der Waals surface area contributed by atoms with Crippen LogP contribution in [-0.2, 0) is 6.42 Å². The summed E-state index contributed by atoms with van der Waals surface area (Å²) in [6.45, 7) is 5.30. The van der Waals surface area contributed by atoms with Crippen LogP contribution in [-0.4, -0.2) is 11.5 Å². The van der Waals surface area contributed by atoms with Gasteiger partial charge < -0.3 is 5.32 Å². The minimum Gasteiger partial charge on any atom is -0.309 e. The largest absolute Gasteiger partial charge is 0.309 e. The average Bonchev–Trinajstić information content (AvgIpc) is 2.83. The van der Waals surface area contributed by atoms with Crippen molar-refractivity contribution in [2.75, 3.05) is 6.54 Å². The minimum atomic E-state index is 0.297. The highest BCUT2D eigenvalue weighted by Gasteiger charge is 2.15. The number of nitrogens with one attached hydrogen (secondary N) is 1. The number of hydrogen-bond acceptors (Lipinski definition) is 3. The van der Waals surface area contributed by atoms with Gasteiger partial charge in [0.1, 0.15) is 0 Å². The molecule has 2 aromatic heterocycles. The van der Waals surface area contributed by atoms with E-state index in [1.807, 2.05) is 18.3 Å². The Balaban J connectivity index is 2.16. The highest BCUT2D eigenvalue weighted by Crippen LogP contribution is 2.29. The third kappa shape index (κ3) is 4.03. The van der Waals surface area contributed by atoms with Gasteiger partial charge in [-0.1, -0.05) is 24.6 Å². The first kappa shape index (κ1) is 14.5. The van der Waals surface area contributed by atoms with Crippen LogP contribution in [0, 0.1) is 6.92 Å². The van der Waals surface area contributed by atoms with E-state index < -0.39 is 0 Å². The van der Waals surface area contributed by atoms with Crippen LogP contribution in [0.15, 0.2) is 30.5 Å². The topological polar surface area (TPSA) is 24.9 Å². The Morgan fingerprint density at radius 3 is 2.84 bits per heavy atom. The van der Waals surface area contributed by atoms with E-state index in [1.54, 1.807) is 11.3 Å². The Hall–Kier alpha value is -0.900. The smallest absolute Gasteiger partial charge is 0.0931 e. The van der Waals surface area contributed by atoms with Crippen molar-refractivity contribution >= 4 is 22.9 Å². The highest BCUT2D eigenvalue weighted by atomic mass is 35.5. The summed E-state index contributed by atoms with van der Waals surface area (Å²) in [5.74, 6) is 0. The molecule has 2 aromatic rings. The molecule has 0 fully saturated rings. The number of rotatable bonds is 6. The van der Waals surface area contributed by atoms with Crippen LogP contribution in [0.25, 0.3) is 0 Å². The van der Waals surface area contributed by atoms with Crippen LogP contribution in [0.1, 0.15) is 35.5 Å². The monoisotopic (exact) mass is 294 g/mol. The average molecular weight is 295 g/mol. The van der Waals surface area contributed by atoms with Crippen LogP contribution in [0.4, 0.5) is 0 Å². The fraction of sp³-hybridized carbons (Fsp3) is 0.400. The molecular formula is C15H19ClN2S. The highest BCUT2D eigenvalue weighted by molar-refractivity contribution is 7.16. The molecule has 0 aliphatic heterocycles. The molecular weight excluding hydrogens is 276 g/mol. The third-order valence-electron chi connectivity index (χ3n) is 3.09. The van der Waals surface area contributed by atoms with Crippen LogP contribution in [0.3, 0.4) is 0 Å². The molecule has 0 spiro atoms. The van der Waals surface area contributed by atoms with E-state index in [-0.39, 0.29) is 0 Å². The summed E-state index contributed by atoms with van der Waals surface area (Å²) in [5.41, 5.74) is 2.40. The lowest BCUT2D eigenvalue weighted by Gasteiger charge is -2.17. The van der Waals surface area contributed by atoms with Gasteiger partial charge in [0.25, 0.3) is 0 Å². The summed E-state index contributed by atoms with van der Waals surface area (Å²) in [7, 11) is 0. The Morgan fingerprint density at radius 1 is 1.37 bits per heavy atom. The predicted octanol–water partition coefficient (Wildman–Crippen LogP) is 4.39. The van der Waals surface area contributed by atoms with Crippen molar-refractivity contribution in [2.24, 2.45) is 0 Å². The van der Waals surface area contributed by atoms with Gasteiger partial charge in [-0.2, -0.15) is 0 Å². The maximum absolute atomic E-state index is 6.05. The minimum absolute atomic E-state index is 0.297. The second-order valence-electron chi connectivity index (χ2n) is 4.62. The Morgan fingerprint density at radius 2 is 2.21 bits per heavy atom. The Bertz CT molecular complexity index is 524. The molecule has 102 valence electrons. The molecule has 2 rings (SSSR count). The number of halogens is 1. The van der Waals surface area contributed by atoms with E-state index >= 15 is 0 Å². The van der Waals surface area contributed by atoms with Crippen molar-refractivity contribution in [2.45, 2.75) is 32.7 Å². The van der Waals surface area contributed by atoms with E-state index in [2.05, 4.69) is 36.3 Å². The van der Waals surface area contributed by atoms with Gasteiger partial charge in [0, 0.05) is 29.2 Å². The van der Waals surface area contributed by atoms with Gasteiger partial charge in [-0.3, -0.25) is 4.98 Å². The van der Waals surface area contributed by atoms with Crippen molar-refractivity contribution in [3.05, 3.63) is 50.9 Å². The molecule has 19 heavy (non-hydrogen) atoms. The van der Waals surface area contributed by atoms with Gasteiger partial charge >= 0.3 is 0 Å². The predicted molar refractivity (Wildman–Crippen MR) is 83.0 cm³/mol. The first-order chi connectivity index (χ1) is 9.20. The van der Waals surface area contributed by atoms with Crippen LogP contribution in [0.5, 0.6) is 0 Å². The van der Waals surface area contributed by atoms with Gasteiger partial charge in [0.2, 0.25) is 0 Å². The molecule has 4 heteroatoms.